The van der Waals surface area contributed by atoms with E-state index in [4.69, 9.17) is 17.0 Å². The van der Waals surface area contributed by atoms with Crippen molar-refractivity contribution in [2.45, 2.75) is 90.1 Å². The molecule has 0 amide bonds. The predicted octanol–water partition coefficient (Wildman–Crippen LogP) is 10.8. The second kappa shape index (κ2) is 18.4. The summed E-state index contributed by atoms with van der Waals surface area (Å²) in [7, 11) is 10.6. The van der Waals surface area contributed by atoms with Crippen LogP contribution in [0.15, 0.2) is 84.9 Å². The van der Waals surface area contributed by atoms with Gasteiger partial charge in [-0.25, -0.2) is 12.1 Å². The van der Waals surface area contributed by atoms with E-state index in [0.29, 0.717) is 11.8 Å². The zero-order valence-electron chi connectivity index (χ0n) is 24.7. The maximum atomic E-state index is 4.93. The van der Waals surface area contributed by atoms with E-state index in [1.165, 1.54) is 60.8 Å². The molecular formula is C36H45Cl2SiZr. The van der Waals surface area contributed by atoms with Crippen LogP contribution in [-0.4, -0.2) is 9.52 Å². The van der Waals surface area contributed by atoms with Crippen LogP contribution in [0.25, 0.3) is 0 Å². The van der Waals surface area contributed by atoms with Crippen LogP contribution in [0.5, 0.6) is 0 Å². The summed E-state index contributed by atoms with van der Waals surface area (Å²) in [6.45, 7) is 8.91. The Morgan fingerprint density at radius 3 is 1.38 bits per heavy atom. The van der Waals surface area contributed by atoms with Crippen molar-refractivity contribution < 1.29 is 20.8 Å². The van der Waals surface area contributed by atoms with Gasteiger partial charge in [-0.1, -0.05) is 150 Å². The monoisotopic (exact) mass is 665 g/mol. The van der Waals surface area contributed by atoms with Gasteiger partial charge in [0.2, 0.25) is 0 Å². The summed E-state index contributed by atoms with van der Waals surface area (Å²) in [6.07, 6.45) is 10.2. The maximum absolute atomic E-state index is 4.93. The van der Waals surface area contributed by atoms with E-state index in [2.05, 4.69) is 112 Å². The van der Waals surface area contributed by atoms with E-state index in [9.17, 15) is 0 Å². The van der Waals surface area contributed by atoms with Crippen molar-refractivity contribution in [3.8, 4) is 0 Å². The number of fused-ring (bicyclic) bond motifs is 2. The Balaban J connectivity index is 0.000000185. The minimum atomic E-state index is -0.826. The summed E-state index contributed by atoms with van der Waals surface area (Å²) in [5.74, 6) is 1.28. The number of halogens is 2. The molecule has 211 valence electrons. The molecule has 2 aliphatic rings. The van der Waals surface area contributed by atoms with Crippen LogP contribution in [0.1, 0.15) is 95.9 Å². The van der Waals surface area contributed by atoms with Gasteiger partial charge >= 0.3 is 37.9 Å². The first kappa shape index (κ1) is 33.3. The SMILES string of the molecule is CCc1cc2c([cH-]1)CCCC2c1ccccc1.CCc1cc2c([cH-]1)CCCC2c1ccccc1.C[SiH]C.[Cl][Zr+2][Cl]. The summed E-state index contributed by atoms with van der Waals surface area (Å²) in [5.41, 5.74) is 12.4. The number of hydrogen-bond donors (Lipinski definition) is 0. The summed E-state index contributed by atoms with van der Waals surface area (Å²) >= 11 is -0.826. The van der Waals surface area contributed by atoms with E-state index in [1.54, 1.807) is 22.3 Å². The Hall–Kier alpha value is -1.18. The third kappa shape index (κ3) is 9.42. The molecule has 4 heteroatoms. The average molecular weight is 668 g/mol. The number of aryl methyl sites for hydroxylation is 4. The van der Waals surface area contributed by atoms with E-state index < -0.39 is 20.8 Å². The normalized spacial score (nSPS) is 16.9. The molecular weight excluding hydrogens is 623 g/mol. The molecule has 40 heavy (non-hydrogen) atoms. The third-order valence-corrected chi connectivity index (χ3v) is 7.99. The molecule has 0 aliphatic heterocycles. The Morgan fingerprint density at radius 2 is 1.05 bits per heavy atom. The number of hydrogen-bond acceptors (Lipinski definition) is 0. The fourth-order valence-corrected chi connectivity index (χ4v) is 6.14. The van der Waals surface area contributed by atoms with E-state index in [0.717, 1.165) is 22.4 Å². The molecule has 0 aromatic heterocycles. The van der Waals surface area contributed by atoms with Crippen molar-refractivity contribution >= 4 is 26.5 Å². The van der Waals surface area contributed by atoms with Crippen LogP contribution in [0.4, 0.5) is 0 Å². The quantitative estimate of drug-likeness (QED) is 0.150. The first-order valence-electron chi connectivity index (χ1n) is 15.0. The second-order valence-corrected chi connectivity index (χ2v) is 15.6. The summed E-state index contributed by atoms with van der Waals surface area (Å²) in [4.78, 5) is 0. The number of benzene rings is 2. The Labute approximate surface area is 265 Å². The van der Waals surface area contributed by atoms with Gasteiger partial charge in [0, 0.05) is 9.52 Å². The first-order valence-corrected chi connectivity index (χ1v) is 23.6. The average Bonchev–Trinajstić information content (AvgIpc) is 3.63. The fraction of sp³-hybridized carbons (Fsp3) is 0.389. The molecule has 0 spiro atoms. The van der Waals surface area contributed by atoms with E-state index >= 15 is 0 Å². The minimum absolute atomic E-state index is 0.639. The van der Waals surface area contributed by atoms with E-state index in [-0.39, 0.29) is 0 Å². The molecule has 6 rings (SSSR count). The van der Waals surface area contributed by atoms with Crippen molar-refractivity contribution in [1.29, 1.82) is 0 Å². The molecule has 1 radical (unpaired) electrons. The van der Waals surface area contributed by atoms with Gasteiger partial charge in [0.05, 0.1) is 0 Å². The fourth-order valence-electron chi connectivity index (χ4n) is 6.14. The van der Waals surface area contributed by atoms with Crippen LogP contribution >= 0.6 is 17.0 Å². The van der Waals surface area contributed by atoms with Gasteiger partial charge in [0.25, 0.3) is 0 Å². The first-order chi connectivity index (χ1) is 19.6. The molecule has 0 N–H and O–H groups in total. The van der Waals surface area contributed by atoms with Crippen LogP contribution in [-0.2, 0) is 46.5 Å². The summed E-state index contributed by atoms with van der Waals surface area (Å²) < 4.78 is 0. The van der Waals surface area contributed by atoms with E-state index in [1.807, 2.05) is 0 Å². The van der Waals surface area contributed by atoms with Crippen LogP contribution in [0.3, 0.4) is 0 Å². The van der Waals surface area contributed by atoms with Gasteiger partial charge in [-0.2, -0.15) is 45.5 Å². The molecule has 4 aromatic rings. The zero-order chi connectivity index (χ0) is 28.7. The van der Waals surface area contributed by atoms with Crippen molar-refractivity contribution in [1.82, 2.24) is 0 Å². The van der Waals surface area contributed by atoms with Gasteiger partial charge < -0.3 is 0 Å². The summed E-state index contributed by atoms with van der Waals surface area (Å²) in [5, 5.41) is 0. The molecule has 0 saturated heterocycles. The predicted molar refractivity (Wildman–Crippen MR) is 176 cm³/mol. The second-order valence-electron chi connectivity index (χ2n) is 10.8. The van der Waals surface area contributed by atoms with Gasteiger partial charge in [-0.3, -0.25) is 0 Å². The molecule has 2 atom stereocenters. The van der Waals surface area contributed by atoms with Crippen molar-refractivity contribution in [3.63, 3.8) is 0 Å². The van der Waals surface area contributed by atoms with Crippen molar-refractivity contribution in [2.75, 3.05) is 0 Å². The van der Waals surface area contributed by atoms with Crippen LogP contribution < -0.4 is 0 Å². The Bertz CT molecular complexity index is 1130. The molecule has 0 saturated carbocycles. The van der Waals surface area contributed by atoms with Crippen molar-refractivity contribution in [2.24, 2.45) is 0 Å². The molecule has 2 aliphatic carbocycles. The van der Waals surface area contributed by atoms with Crippen LogP contribution in [0.2, 0.25) is 13.1 Å². The summed E-state index contributed by atoms with van der Waals surface area (Å²) in [6, 6.07) is 31.7. The molecule has 0 bridgehead atoms. The molecule has 0 heterocycles. The molecule has 0 nitrogen and oxygen atoms in total. The Morgan fingerprint density at radius 1 is 0.700 bits per heavy atom. The van der Waals surface area contributed by atoms with Crippen LogP contribution in [0, 0.1) is 0 Å². The van der Waals surface area contributed by atoms with Gasteiger partial charge in [0.1, 0.15) is 0 Å². The topological polar surface area (TPSA) is 0 Å². The standard InChI is InChI=1S/2C17H19.C2H7Si.2ClH.Zr/c2*1-2-13-11-15-9-6-10-16(17(15)12-13)14-7-4-3-5-8-14;1-3-2;;;/h2*3-5,7-8,11-12,16H,2,6,9-10H2,1H3;3H,1-2H3;2*1H;/q2*-1;;;;+4/p-2. The zero-order valence-corrected chi connectivity index (χ0v) is 29.9. The van der Waals surface area contributed by atoms with Gasteiger partial charge in [-0.05, 0) is 11.8 Å². The molecule has 0 fully saturated rings. The molecule has 2 unspecified atom stereocenters. The third-order valence-electron chi connectivity index (χ3n) is 7.99. The van der Waals surface area contributed by atoms with Gasteiger partial charge in [-0.15, -0.1) is 0 Å². The molecule has 4 aromatic carbocycles. The Kier molecular flexibility index (Phi) is 15.3. The van der Waals surface area contributed by atoms with Crippen molar-refractivity contribution in [3.05, 3.63) is 129 Å². The van der Waals surface area contributed by atoms with Gasteiger partial charge in [0.15, 0.2) is 0 Å². The number of rotatable bonds is 4.